The molecule has 0 aliphatic heterocycles. The summed E-state index contributed by atoms with van der Waals surface area (Å²) in [6.07, 6.45) is 0. The lowest BCUT2D eigenvalue weighted by Gasteiger charge is -2.11. The van der Waals surface area contributed by atoms with E-state index in [2.05, 4.69) is 15.9 Å². The Labute approximate surface area is 108 Å². The van der Waals surface area contributed by atoms with Crippen molar-refractivity contribution in [3.8, 4) is 11.5 Å². The van der Waals surface area contributed by atoms with E-state index in [0.29, 0.717) is 17.0 Å². The summed E-state index contributed by atoms with van der Waals surface area (Å²) in [6, 6.07) is 14.2. The molecule has 2 N–H and O–H groups in total. The Balaban J connectivity index is 2.34. The number of ether oxygens (including phenoxy) is 1. The number of hydrogen-bond acceptors (Lipinski definition) is 3. The first-order chi connectivity index (χ1) is 8.18. The van der Waals surface area contributed by atoms with Crippen molar-refractivity contribution < 1.29 is 14.8 Å². The fourth-order valence-corrected chi connectivity index (χ4v) is 1.80. The van der Waals surface area contributed by atoms with Gasteiger partial charge in [0.15, 0.2) is 0 Å². The Bertz CT molecular complexity index is 517. The lowest BCUT2D eigenvalue weighted by molar-refractivity contribution is 0.420. The molecule has 0 saturated heterocycles. The molecule has 5 heteroatoms. The molecule has 0 amide bonds. The molecule has 2 aromatic rings. The maximum atomic E-state index is 9.22. The summed E-state index contributed by atoms with van der Waals surface area (Å²) < 4.78 is 6.44. The van der Waals surface area contributed by atoms with Gasteiger partial charge in [-0.15, -0.1) is 0 Å². The number of rotatable bonds is 3. The zero-order chi connectivity index (χ0) is 12.3. The SMILES string of the molecule is OB(O)c1ccccc1Oc1ccccc1Br. The molecule has 2 rings (SSSR count). The number of hydrogen-bond donors (Lipinski definition) is 2. The lowest BCUT2D eigenvalue weighted by atomic mass is 9.79. The Morgan fingerprint density at radius 1 is 0.882 bits per heavy atom. The van der Waals surface area contributed by atoms with Crippen LogP contribution in [-0.2, 0) is 0 Å². The van der Waals surface area contributed by atoms with Gasteiger partial charge in [-0.25, -0.2) is 0 Å². The standard InChI is InChI=1S/C12H10BBrO3/c14-10-6-2-4-8-12(10)17-11-7-3-1-5-9(11)13(15)16/h1-8,15-16H. The van der Waals surface area contributed by atoms with Crippen molar-refractivity contribution in [2.75, 3.05) is 0 Å². The van der Waals surface area contributed by atoms with Gasteiger partial charge in [0.1, 0.15) is 11.5 Å². The fraction of sp³-hybridized carbons (Fsp3) is 0. The van der Waals surface area contributed by atoms with Gasteiger partial charge in [0.25, 0.3) is 0 Å². The van der Waals surface area contributed by atoms with E-state index < -0.39 is 7.12 Å². The molecule has 0 saturated carbocycles. The van der Waals surface area contributed by atoms with E-state index >= 15 is 0 Å². The highest BCUT2D eigenvalue weighted by molar-refractivity contribution is 9.10. The highest BCUT2D eigenvalue weighted by atomic mass is 79.9. The molecule has 0 aliphatic carbocycles. The number of para-hydroxylation sites is 2. The first-order valence-corrected chi connectivity index (χ1v) is 5.85. The van der Waals surface area contributed by atoms with Gasteiger partial charge in [-0.05, 0) is 34.1 Å². The molecule has 0 aromatic heterocycles. The summed E-state index contributed by atoms with van der Waals surface area (Å²) in [4.78, 5) is 0. The van der Waals surface area contributed by atoms with Gasteiger partial charge in [0.05, 0.1) is 4.47 Å². The monoisotopic (exact) mass is 292 g/mol. The Kier molecular flexibility index (Phi) is 3.84. The minimum absolute atomic E-state index is 0.336. The molecule has 0 unspecified atom stereocenters. The van der Waals surface area contributed by atoms with Crippen LogP contribution in [0.15, 0.2) is 53.0 Å². The third kappa shape index (κ3) is 2.88. The molecule has 86 valence electrons. The van der Waals surface area contributed by atoms with E-state index in [1.807, 2.05) is 18.2 Å². The highest BCUT2D eigenvalue weighted by Crippen LogP contribution is 2.28. The second kappa shape index (κ2) is 5.36. The van der Waals surface area contributed by atoms with Gasteiger partial charge in [-0.3, -0.25) is 0 Å². The van der Waals surface area contributed by atoms with E-state index in [0.717, 1.165) is 4.47 Å². The van der Waals surface area contributed by atoms with Crippen molar-refractivity contribution in [1.29, 1.82) is 0 Å². The van der Waals surface area contributed by atoms with Crippen LogP contribution in [0.5, 0.6) is 11.5 Å². The Morgan fingerprint density at radius 3 is 2.12 bits per heavy atom. The molecular formula is C12H10BBrO3. The van der Waals surface area contributed by atoms with Crippen LogP contribution in [-0.4, -0.2) is 17.2 Å². The molecule has 0 heterocycles. The van der Waals surface area contributed by atoms with Gasteiger partial charge < -0.3 is 14.8 Å². The lowest BCUT2D eigenvalue weighted by Crippen LogP contribution is -2.30. The van der Waals surface area contributed by atoms with Crippen LogP contribution >= 0.6 is 15.9 Å². The zero-order valence-electron chi connectivity index (χ0n) is 8.88. The van der Waals surface area contributed by atoms with Crippen molar-refractivity contribution in [3.63, 3.8) is 0 Å². The van der Waals surface area contributed by atoms with Crippen LogP contribution in [0.1, 0.15) is 0 Å². The molecule has 0 bridgehead atoms. The number of benzene rings is 2. The van der Waals surface area contributed by atoms with E-state index in [9.17, 15) is 10.0 Å². The van der Waals surface area contributed by atoms with Crippen molar-refractivity contribution in [1.82, 2.24) is 0 Å². The van der Waals surface area contributed by atoms with E-state index in [-0.39, 0.29) is 0 Å². The van der Waals surface area contributed by atoms with Gasteiger partial charge in [-0.2, -0.15) is 0 Å². The Hall–Kier alpha value is -1.30. The second-order valence-corrected chi connectivity index (χ2v) is 4.30. The van der Waals surface area contributed by atoms with Crippen LogP contribution in [0.4, 0.5) is 0 Å². The van der Waals surface area contributed by atoms with Gasteiger partial charge in [-0.1, -0.05) is 30.3 Å². The van der Waals surface area contributed by atoms with Crippen molar-refractivity contribution in [2.24, 2.45) is 0 Å². The summed E-state index contributed by atoms with van der Waals surface area (Å²) in [5, 5.41) is 18.4. The molecule has 0 spiro atoms. The summed E-state index contributed by atoms with van der Waals surface area (Å²) in [5.74, 6) is 1.05. The van der Waals surface area contributed by atoms with E-state index in [1.54, 1.807) is 30.3 Å². The maximum absolute atomic E-state index is 9.22. The minimum atomic E-state index is -1.55. The molecule has 0 atom stereocenters. The van der Waals surface area contributed by atoms with Crippen molar-refractivity contribution in [3.05, 3.63) is 53.0 Å². The quantitative estimate of drug-likeness (QED) is 0.850. The topological polar surface area (TPSA) is 49.7 Å². The largest absolute Gasteiger partial charge is 0.492 e. The van der Waals surface area contributed by atoms with Crippen LogP contribution < -0.4 is 10.2 Å². The van der Waals surface area contributed by atoms with Gasteiger partial charge >= 0.3 is 7.12 Å². The molecule has 0 aliphatic rings. The maximum Gasteiger partial charge on any atom is 0.492 e. The van der Waals surface area contributed by atoms with Crippen molar-refractivity contribution >= 4 is 28.5 Å². The van der Waals surface area contributed by atoms with E-state index in [4.69, 9.17) is 4.74 Å². The van der Waals surface area contributed by atoms with Crippen LogP contribution in [0.2, 0.25) is 0 Å². The number of halogens is 1. The molecule has 0 fully saturated rings. The van der Waals surface area contributed by atoms with Gasteiger partial charge in [0, 0.05) is 5.46 Å². The molecule has 0 radical (unpaired) electrons. The van der Waals surface area contributed by atoms with Gasteiger partial charge in [0.2, 0.25) is 0 Å². The third-order valence-corrected chi connectivity index (χ3v) is 2.91. The average Bonchev–Trinajstić information content (AvgIpc) is 2.32. The zero-order valence-corrected chi connectivity index (χ0v) is 10.5. The first kappa shape index (κ1) is 12.2. The van der Waals surface area contributed by atoms with Crippen LogP contribution in [0.25, 0.3) is 0 Å². The average molecular weight is 293 g/mol. The first-order valence-electron chi connectivity index (χ1n) is 5.06. The molecule has 17 heavy (non-hydrogen) atoms. The summed E-state index contributed by atoms with van der Waals surface area (Å²) in [5.41, 5.74) is 0.336. The Morgan fingerprint density at radius 2 is 1.47 bits per heavy atom. The minimum Gasteiger partial charge on any atom is -0.457 e. The van der Waals surface area contributed by atoms with Crippen LogP contribution in [0.3, 0.4) is 0 Å². The molecular weight excluding hydrogens is 283 g/mol. The second-order valence-electron chi connectivity index (χ2n) is 3.44. The highest BCUT2D eigenvalue weighted by Gasteiger charge is 2.17. The summed E-state index contributed by atoms with van der Waals surface area (Å²) in [6.45, 7) is 0. The third-order valence-electron chi connectivity index (χ3n) is 2.25. The normalized spacial score (nSPS) is 10.1. The predicted octanol–water partition coefficient (Wildman–Crippen LogP) is 1.92. The summed E-state index contributed by atoms with van der Waals surface area (Å²) >= 11 is 3.37. The predicted molar refractivity (Wildman–Crippen MR) is 70.5 cm³/mol. The summed E-state index contributed by atoms with van der Waals surface area (Å²) in [7, 11) is -1.55. The molecule has 3 nitrogen and oxygen atoms in total. The van der Waals surface area contributed by atoms with Crippen LogP contribution in [0, 0.1) is 0 Å². The smallest absolute Gasteiger partial charge is 0.457 e. The van der Waals surface area contributed by atoms with E-state index in [1.165, 1.54) is 0 Å². The van der Waals surface area contributed by atoms with Crippen molar-refractivity contribution in [2.45, 2.75) is 0 Å². The molecule has 2 aromatic carbocycles. The fourth-order valence-electron chi connectivity index (χ4n) is 1.43.